The number of nitrogens with zero attached hydrogens (tertiary/aromatic N) is 3. The van der Waals surface area contributed by atoms with Gasteiger partial charge >= 0.3 is 6.03 Å². The third-order valence-corrected chi connectivity index (χ3v) is 10.6. The molecule has 0 aliphatic carbocycles. The minimum absolute atomic E-state index is 0.0372. The summed E-state index contributed by atoms with van der Waals surface area (Å²) >= 11 is 0. The Labute approximate surface area is 294 Å². The van der Waals surface area contributed by atoms with Crippen LogP contribution in [0.5, 0.6) is 11.5 Å². The summed E-state index contributed by atoms with van der Waals surface area (Å²) in [7, 11) is -0.847. The van der Waals surface area contributed by atoms with Crippen LogP contribution in [-0.2, 0) is 14.8 Å². The lowest BCUT2D eigenvalue weighted by molar-refractivity contribution is -0.00834. The number of rotatable bonds is 9. The predicted molar refractivity (Wildman–Crippen MR) is 188 cm³/mol. The number of hydrogen-bond donors (Lipinski definition) is 3. The van der Waals surface area contributed by atoms with Crippen LogP contribution in [0.25, 0.3) is 0 Å². The van der Waals surface area contributed by atoms with Gasteiger partial charge in [0, 0.05) is 38.3 Å². The molecule has 4 rings (SSSR count). The fourth-order valence-corrected chi connectivity index (χ4v) is 6.86. The number of aliphatic hydroxyl groups is 1. The van der Waals surface area contributed by atoms with Crippen LogP contribution in [0, 0.1) is 19.8 Å². The highest BCUT2D eigenvalue weighted by molar-refractivity contribution is 7.89. The number of methoxy groups -OCH3 is 1. The molecule has 274 valence electrons. The summed E-state index contributed by atoms with van der Waals surface area (Å²) in [6, 6.07) is 9.87. The van der Waals surface area contributed by atoms with E-state index in [-0.39, 0.29) is 42.2 Å². The number of sulfonamides is 1. The van der Waals surface area contributed by atoms with Crippen molar-refractivity contribution in [1.29, 1.82) is 0 Å². The van der Waals surface area contributed by atoms with Gasteiger partial charge in [-0.1, -0.05) is 12.1 Å². The van der Waals surface area contributed by atoms with Gasteiger partial charge in [-0.05, 0) is 89.4 Å². The zero-order valence-electron chi connectivity index (χ0n) is 29.8. The summed E-state index contributed by atoms with van der Waals surface area (Å²) in [6.07, 6.45) is 1.36. The fourth-order valence-electron chi connectivity index (χ4n) is 5.68. The van der Waals surface area contributed by atoms with Gasteiger partial charge in [0.05, 0.1) is 42.4 Å². The highest BCUT2D eigenvalue weighted by Gasteiger charge is 2.32. The van der Waals surface area contributed by atoms with Crippen LogP contribution >= 0.6 is 0 Å². The topological polar surface area (TPSA) is 173 Å². The Hall–Kier alpha value is -4.18. The number of hydrogen-bond acceptors (Lipinski definition) is 10. The number of aryl methyl sites for hydroxylation is 2. The summed E-state index contributed by atoms with van der Waals surface area (Å²) in [4.78, 5) is 29.0. The van der Waals surface area contributed by atoms with E-state index < -0.39 is 34.1 Å². The molecule has 0 bridgehead atoms. The van der Waals surface area contributed by atoms with Gasteiger partial charge in [0.25, 0.3) is 5.91 Å². The Morgan fingerprint density at radius 3 is 2.50 bits per heavy atom. The monoisotopic (exact) mass is 715 g/mol. The van der Waals surface area contributed by atoms with E-state index in [0.29, 0.717) is 47.4 Å². The molecule has 50 heavy (non-hydrogen) atoms. The third kappa shape index (κ3) is 9.53. The fraction of sp³-hybridized carbons (Fsp3) is 0.514. The molecule has 3 aromatic rings. The van der Waals surface area contributed by atoms with E-state index in [9.17, 15) is 23.1 Å². The number of aromatic nitrogens is 1. The third-order valence-electron chi connectivity index (χ3n) is 8.79. The number of fused-ring (bicyclic) bond motifs is 1. The Bertz CT molecular complexity index is 1690. The Balaban J connectivity index is 1.62. The molecule has 0 saturated heterocycles. The lowest BCUT2D eigenvalue weighted by Crippen LogP contribution is -2.48. The number of ether oxygens (including phenoxy) is 3. The highest BCUT2D eigenvalue weighted by atomic mass is 32.2. The number of carbonyl (C=O) groups excluding carboxylic acids is 2. The predicted octanol–water partition coefficient (Wildman–Crippen LogP) is 5.06. The number of nitrogens with one attached hydrogen (secondary N) is 2. The molecule has 0 fully saturated rings. The average Bonchev–Trinajstić information content (AvgIpc) is 3.41. The van der Waals surface area contributed by atoms with E-state index in [1.807, 2.05) is 13.8 Å². The number of anilines is 2. The summed E-state index contributed by atoms with van der Waals surface area (Å²) in [6.45, 7) is 9.18. The van der Waals surface area contributed by atoms with E-state index in [1.165, 1.54) is 35.5 Å². The van der Waals surface area contributed by atoms with E-state index in [4.69, 9.17) is 18.7 Å². The molecule has 1 aromatic heterocycles. The number of amides is 3. The minimum Gasteiger partial charge on any atom is -0.497 e. The summed E-state index contributed by atoms with van der Waals surface area (Å²) in [5, 5.41) is 19.6. The first-order valence-corrected chi connectivity index (χ1v) is 18.1. The molecule has 3 amide bonds. The lowest BCUT2D eigenvalue weighted by atomic mass is 10.0. The zero-order chi connectivity index (χ0) is 36.6. The molecule has 1 aliphatic rings. The molecule has 0 spiro atoms. The van der Waals surface area contributed by atoms with E-state index in [2.05, 4.69) is 15.8 Å². The van der Waals surface area contributed by atoms with Gasteiger partial charge in [-0.15, -0.1) is 0 Å². The van der Waals surface area contributed by atoms with Crippen LogP contribution in [-0.4, -0.2) is 98.5 Å². The maximum Gasteiger partial charge on any atom is 0.323 e. The van der Waals surface area contributed by atoms with Crippen molar-refractivity contribution < 1.29 is 41.8 Å². The van der Waals surface area contributed by atoms with Gasteiger partial charge in [-0.3, -0.25) is 4.79 Å². The molecular formula is C35H49N5O9S. The Kier molecular flexibility index (Phi) is 13.3. The normalized spacial score (nSPS) is 20.0. The van der Waals surface area contributed by atoms with Crippen LogP contribution in [0.4, 0.5) is 16.2 Å². The smallest absolute Gasteiger partial charge is 0.323 e. The second-order valence-electron chi connectivity index (χ2n) is 12.8. The molecule has 3 N–H and O–H groups in total. The van der Waals surface area contributed by atoms with Gasteiger partial charge in [0.1, 0.15) is 22.9 Å². The minimum atomic E-state index is -3.86. The van der Waals surface area contributed by atoms with Gasteiger partial charge in [0.15, 0.2) is 5.76 Å². The highest BCUT2D eigenvalue weighted by Crippen LogP contribution is 2.29. The molecule has 4 atom stereocenters. The maximum atomic E-state index is 14.4. The van der Waals surface area contributed by atoms with Crippen molar-refractivity contribution in [3.05, 3.63) is 59.5 Å². The molecular weight excluding hydrogens is 666 g/mol. The number of benzene rings is 2. The summed E-state index contributed by atoms with van der Waals surface area (Å²) in [5.74, 6) is 0.563. The first-order chi connectivity index (χ1) is 23.7. The van der Waals surface area contributed by atoms with E-state index in [0.717, 1.165) is 12.8 Å². The SMILES string of the molecule is COc1ccc(S(=O)(=O)N(C)C[C@H]2OCCCC[C@H](C)Oc3ccc(NC(=O)Nc4c(C)noc4C)cc3C(=O)N([C@H](C)CO)C[C@H]2C)cc1. The first-order valence-electron chi connectivity index (χ1n) is 16.7. The summed E-state index contributed by atoms with van der Waals surface area (Å²) < 4.78 is 51.2. The number of urea groups is 1. The Morgan fingerprint density at radius 2 is 1.86 bits per heavy atom. The van der Waals surface area contributed by atoms with Crippen LogP contribution in [0.1, 0.15) is 61.8 Å². The molecule has 2 heterocycles. The molecule has 14 nitrogen and oxygen atoms in total. The molecule has 2 aromatic carbocycles. The van der Waals surface area contributed by atoms with Crippen LogP contribution in [0.2, 0.25) is 0 Å². The first kappa shape index (κ1) is 38.6. The molecule has 0 unspecified atom stereocenters. The van der Waals surface area contributed by atoms with Crippen molar-refractivity contribution in [3.63, 3.8) is 0 Å². The largest absolute Gasteiger partial charge is 0.497 e. The van der Waals surface area contributed by atoms with Crippen molar-refractivity contribution in [2.45, 2.75) is 77.0 Å². The lowest BCUT2D eigenvalue weighted by Gasteiger charge is -2.35. The molecule has 0 saturated carbocycles. The van der Waals surface area contributed by atoms with Crippen LogP contribution in [0.3, 0.4) is 0 Å². The number of aliphatic hydroxyl groups excluding tert-OH is 1. The van der Waals surface area contributed by atoms with Crippen molar-refractivity contribution >= 4 is 33.3 Å². The Morgan fingerprint density at radius 1 is 1.14 bits per heavy atom. The van der Waals surface area contributed by atoms with Gasteiger partial charge < -0.3 is 39.4 Å². The van der Waals surface area contributed by atoms with E-state index >= 15 is 0 Å². The van der Waals surface area contributed by atoms with Crippen molar-refractivity contribution in [1.82, 2.24) is 14.4 Å². The quantitative estimate of drug-likeness (QED) is 0.272. The second kappa shape index (κ2) is 17.2. The van der Waals surface area contributed by atoms with Gasteiger partial charge in [0.2, 0.25) is 10.0 Å². The molecule has 15 heteroatoms. The van der Waals surface area contributed by atoms with Crippen molar-refractivity contribution in [2.24, 2.45) is 5.92 Å². The number of carbonyl (C=O) groups is 2. The molecule has 0 radical (unpaired) electrons. The standard InChI is InChI=1S/C35H49N5O9S/c1-22-19-40(23(2)21-41)34(42)30-18-27(36-35(43)37-33-25(4)38-49-26(33)5)11-16-31(30)48-24(3)10-8-9-17-47-32(22)20-39(6)50(44,45)29-14-12-28(46-7)13-15-29/h11-16,18,22-24,32,41H,8-10,17,19-21H2,1-7H3,(H2,36,37,43)/t22-,23-,24+,32-/m1/s1. The second-order valence-corrected chi connectivity index (χ2v) is 14.8. The zero-order valence-corrected chi connectivity index (χ0v) is 30.6. The average molecular weight is 716 g/mol. The van der Waals surface area contributed by atoms with Crippen LogP contribution < -0.4 is 20.1 Å². The van der Waals surface area contributed by atoms with Crippen molar-refractivity contribution in [3.8, 4) is 11.5 Å². The number of likely N-dealkylation sites (N-methyl/N-ethyl adjacent to an activating group) is 1. The summed E-state index contributed by atoms with van der Waals surface area (Å²) in [5.41, 5.74) is 1.52. The van der Waals surface area contributed by atoms with E-state index in [1.54, 1.807) is 51.1 Å². The van der Waals surface area contributed by atoms with Crippen LogP contribution in [0.15, 0.2) is 51.9 Å². The maximum absolute atomic E-state index is 14.4. The van der Waals surface area contributed by atoms with Crippen molar-refractivity contribution in [2.75, 3.05) is 51.1 Å². The van der Waals surface area contributed by atoms with Gasteiger partial charge in [-0.2, -0.15) is 4.31 Å². The molecule has 1 aliphatic heterocycles. The van der Waals surface area contributed by atoms with Gasteiger partial charge in [-0.25, -0.2) is 13.2 Å².